The van der Waals surface area contributed by atoms with Gasteiger partial charge in [-0.05, 0) is 36.4 Å². The molecule has 0 saturated carbocycles. The molecule has 0 saturated heterocycles. The Morgan fingerprint density at radius 1 is 1.20 bits per heavy atom. The normalized spacial score (nSPS) is 10.8. The fourth-order valence-corrected chi connectivity index (χ4v) is 1.88. The number of benzene rings is 1. The highest BCUT2D eigenvalue weighted by molar-refractivity contribution is 7.89. The second-order valence-electron chi connectivity index (χ2n) is 3.81. The first-order chi connectivity index (χ1) is 9.40. The van der Waals surface area contributed by atoms with Crippen LogP contribution in [0.15, 0.2) is 45.9 Å². The lowest BCUT2D eigenvalue weighted by molar-refractivity contribution is 0.0991. The van der Waals surface area contributed by atoms with Gasteiger partial charge in [0.25, 0.3) is 15.9 Å². The van der Waals surface area contributed by atoms with E-state index >= 15 is 0 Å². The predicted octanol–water partition coefficient (Wildman–Crippen LogP) is 1.05. The fraction of sp³-hybridized carbons (Fsp3) is 0. The SMILES string of the molecule is N#Cc1ccc(NC(=O)c2ccc(S(N)(=O)=O)o2)cc1. The van der Waals surface area contributed by atoms with Gasteiger partial charge in [0.05, 0.1) is 11.6 Å². The molecule has 1 aromatic heterocycles. The highest BCUT2D eigenvalue weighted by Gasteiger charge is 2.17. The molecule has 2 aromatic rings. The summed E-state index contributed by atoms with van der Waals surface area (Å²) < 4.78 is 26.9. The van der Waals surface area contributed by atoms with Crippen LogP contribution in [0.3, 0.4) is 0 Å². The van der Waals surface area contributed by atoms with Crippen molar-refractivity contribution in [1.82, 2.24) is 0 Å². The number of hydrogen-bond acceptors (Lipinski definition) is 5. The molecule has 0 aliphatic rings. The number of hydrogen-bond donors (Lipinski definition) is 2. The van der Waals surface area contributed by atoms with Crippen LogP contribution in [-0.4, -0.2) is 14.3 Å². The Kier molecular flexibility index (Phi) is 3.56. The lowest BCUT2D eigenvalue weighted by Crippen LogP contribution is -2.12. The van der Waals surface area contributed by atoms with Crippen molar-refractivity contribution in [2.24, 2.45) is 5.14 Å². The van der Waals surface area contributed by atoms with Crippen molar-refractivity contribution < 1.29 is 17.6 Å². The Balaban J connectivity index is 2.16. The van der Waals surface area contributed by atoms with E-state index in [-0.39, 0.29) is 5.76 Å². The van der Waals surface area contributed by atoms with Crippen molar-refractivity contribution >= 4 is 21.6 Å². The van der Waals surface area contributed by atoms with Gasteiger partial charge < -0.3 is 9.73 Å². The molecule has 0 atom stereocenters. The lowest BCUT2D eigenvalue weighted by atomic mass is 10.2. The van der Waals surface area contributed by atoms with Crippen LogP contribution < -0.4 is 10.5 Å². The highest BCUT2D eigenvalue weighted by Crippen LogP contribution is 2.15. The Morgan fingerprint density at radius 2 is 1.85 bits per heavy atom. The number of nitriles is 1. The summed E-state index contributed by atoms with van der Waals surface area (Å²) in [6.07, 6.45) is 0. The quantitative estimate of drug-likeness (QED) is 0.874. The lowest BCUT2D eigenvalue weighted by Gasteiger charge is -2.02. The molecule has 0 fully saturated rings. The maximum Gasteiger partial charge on any atom is 0.291 e. The number of carbonyl (C=O) groups excluding carboxylic acids is 1. The van der Waals surface area contributed by atoms with Gasteiger partial charge in [0.1, 0.15) is 0 Å². The molecule has 102 valence electrons. The first-order valence-electron chi connectivity index (χ1n) is 5.34. The topological polar surface area (TPSA) is 126 Å². The van der Waals surface area contributed by atoms with E-state index in [9.17, 15) is 13.2 Å². The fourth-order valence-electron chi connectivity index (χ4n) is 1.42. The predicted molar refractivity (Wildman–Crippen MR) is 69.2 cm³/mol. The first kappa shape index (κ1) is 13.8. The van der Waals surface area contributed by atoms with Gasteiger partial charge in [0.2, 0.25) is 5.09 Å². The van der Waals surface area contributed by atoms with Crippen molar-refractivity contribution in [2.45, 2.75) is 5.09 Å². The summed E-state index contributed by atoms with van der Waals surface area (Å²) >= 11 is 0. The number of anilines is 1. The number of nitrogens with one attached hydrogen (secondary N) is 1. The average Bonchev–Trinajstić information content (AvgIpc) is 2.89. The van der Waals surface area contributed by atoms with Gasteiger partial charge in [-0.25, -0.2) is 13.6 Å². The molecule has 7 nitrogen and oxygen atoms in total. The number of nitrogens with zero attached hydrogens (tertiary/aromatic N) is 1. The zero-order chi connectivity index (χ0) is 14.8. The molecule has 2 rings (SSSR count). The molecule has 1 heterocycles. The Hall–Kier alpha value is -2.63. The molecule has 1 aromatic carbocycles. The summed E-state index contributed by atoms with van der Waals surface area (Å²) in [4.78, 5) is 11.8. The third kappa shape index (κ3) is 3.03. The second-order valence-corrected chi connectivity index (χ2v) is 5.30. The van der Waals surface area contributed by atoms with Crippen LogP contribution in [0.25, 0.3) is 0 Å². The highest BCUT2D eigenvalue weighted by atomic mass is 32.2. The molecule has 1 amide bonds. The van der Waals surface area contributed by atoms with Crippen LogP contribution in [0.5, 0.6) is 0 Å². The summed E-state index contributed by atoms with van der Waals surface area (Å²) in [5.74, 6) is -0.803. The van der Waals surface area contributed by atoms with Crippen LogP contribution in [0.2, 0.25) is 0 Å². The molecular formula is C12H9N3O4S. The summed E-state index contributed by atoms with van der Waals surface area (Å²) in [6.45, 7) is 0. The number of primary sulfonamides is 1. The second kappa shape index (κ2) is 5.16. The van der Waals surface area contributed by atoms with E-state index in [0.29, 0.717) is 11.3 Å². The molecule has 0 unspecified atom stereocenters. The molecule has 8 heteroatoms. The number of rotatable bonds is 3. The molecule has 0 radical (unpaired) electrons. The van der Waals surface area contributed by atoms with Crippen molar-refractivity contribution in [1.29, 1.82) is 5.26 Å². The van der Waals surface area contributed by atoms with Gasteiger partial charge in [-0.1, -0.05) is 0 Å². The van der Waals surface area contributed by atoms with Crippen LogP contribution in [0.1, 0.15) is 16.1 Å². The van der Waals surface area contributed by atoms with Gasteiger partial charge in [0.15, 0.2) is 5.76 Å². The average molecular weight is 291 g/mol. The monoisotopic (exact) mass is 291 g/mol. The molecule has 20 heavy (non-hydrogen) atoms. The van der Waals surface area contributed by atoms with Crippen LogP contribution in [0, 0.1) is 11.3 Å². The third-order valence-corrected chi connectivity index (χ3v) is 3.14. The summed E-state index contributed by atoms with van der Waals surface area (Å²) in [7, 11) is -3.98. The molecular weight excluding hydrogens is 282 g/mol. The zero-order valence-electron chi connectivity index (χ0n) is 10.0. The zero-order valence-corrected chi connectivity index (χ0v) is 10.8. The summed E-state index contributed by atoms with van der Waals surface area (Å²) in [6, 6.07) is 10.4. The maximum absolute atomic E-state index is 11.8. The number of carbonyl (C=O) groups is 1. The van der Waals surface area contributed by atoms with Crippen LogP contribution in [0.4, 0.5) is 5.69 Å². The minimum absolute atomic E-state index is 0.182. The van der Waals surface area contributed by atoms with Gasteiger partial charge >= 0.3 is 0 Å². The minimum Gasteiger partial charge on any atom is -0.438 e. The number of furan rings is 1. The van der Waals surface area contributed by atoms with Gasteiger partial charge in [0, 0.05) is 5.69 Å². The Bertz CT molecular complexity index is 785. The maximum atomic E-state index is 11.8. The minimum atomic E-state index is -3.98. The summed E-state index contributed by atoms with van der Waals surface area (Å²) in [5, 5.41) is 15.5. The van der Waals surface area contributed by atoms with Gasteiger partial charge in [-0.3, -0.25) is 4.79 Å². The Labute approximate surface area is 114 Å². The van der Waals surface area contributed by atoms with Crippen molar-refractivity contribution in [3.8, 4) is 6.07 Å². The number of sulfonamides is 1. The van der Waals surface area contributed by atoms with E-state index in [4.69, 9.17) is 14.8 Å². The molecule has 3 N–H and O–H groups in total. The van der Waals surface area contributed by atoms with Crippen LogP contribution in [-0.2, 0) is 10.0 Å². The van der Waals surface area contributed by atoms with E-state index in [1.807, 2.05) is 6.07 Å². The van der Waals surface area contributed by atoms with E-state index in [2.05, 4.69) is 5.32 Å². The van der Waals surface area contributed by atoms with Gasteiger partial charge in [-0.2, -0.15) is 5.26 Å². The standard InChI is InChI=1S/C12H9N3O4S/c13-7-8-1-3-9(4-2-8)15-12(16)10-5-6-11(19-10)20(14,17)18/h1-6H,(H,15,16)(H2,14,17,18). The largest absolute Gasteiger partial charge is 0.438 e. The Morgan fingerprint density at radius 3 is 2.35 bits per heavy atom. The summed E-state index contributed by atoms with van der Waals surface area (Å²) in [5.41, 5.74) is 0.903. The molecule has 0 spiro atoms. The number of amides is 1. The molecule has 0 aliphatic heterocycles. The van der Waals surface area contributed by atoms with E-state index in [1.165, 1.54) is 18.2 Å². The number of nitrogens with two attached hydrogens (primary N) is 1. The van der Waals surface area contributed by atoms with Crippen molar-refractivity contribution in [3.63, 3.8) is 0 Å². The first-order valence-corrected chi connectivity index (χ1v) is 6.89. The van der Waals surface area contributed by atoms with Crippen LogP contribution >= 0.6 is 0 Å². The van der Waals surface area contributed by atoms with E-state index in [0.717, 1.165) is 6.07 Å². The van der Waals surface area contributed by atoms with E-state index in [1.54, 1.807) is 12.1 Å². The smallest absolute Gasteiger partial charge is 0.291 e. The molecule has 0 aliphatic carbocycles. The third-order valence-electron chi connectivity index (χ3n) is 2.36. The van der Waals surface area contributed by atoms with Crippen molar-refractivity contribution in [2.75, 3.05) is 5.32 Å². The van der Waals surface area contributed by atoms with Crippen molar-refractivity contribution in [3.05, 3.63) is 47.7 Å². The molecule has 0 bridgehead atoms. The van der Waals surface area contributed by atoms with E-state index < -0.39 is 21.0 Å². The van der Waals surface area contributed by atoms with Gasteiger partial charge in [-0.15, -0.1) is 0 Å².